The number of methoxy groups -OCH3 is 1. The van der Waals surface area contributed by atoms with Gasteiger partial charge in [-0.3, -0.25) is 9.36 Å². The van der Waals surface area contributed by atoms with Gasteiger partial charge in [0.15, 0.2) is 5.16 Å². The van der Waals surface area contributed by atoms with E-state index in [-0.39, 0.29) is 5.75 Å². The summed E-state index contributed by atoms with van der Waals surface area (Å²) in [7, 11) is 1.60. The number of benzene rings is 1. The average molecular weight is 343 g/mol. The fraction of sp³-hybridized carbons (Fsp3) is 0.167. The van der Waals surface area contributed by atoms with Gasteiger partial charge in [-0.2, -0.15) is 0 Å². The SMILES string of the molecule is COc1cc(Br)cc(-n2ccnc2SCC(=O)O)c1. The molecule has 1 heterocycles. The molecule has 0 aliphatic rings. The van der Waals surface area contributed by atoms with E-state index in [1.807, 2.05) is 22.8 Å². The van der Waals surface area contributed by atoms with Crippen LogP contribution in [0.15, 0.2) is 40.2 Å². The highest BCUT2D eigenvalue weighted by Gasteiger charge is 2.09. The van der Waals surface area contributed by atoms with Crippen molar-refractivity contribution in [2.75, 3.05) is 12.9 Å². The predicted molar refractivity (Wildman–Crippen MR) is 76.2 cm³/mol. The summed E-state index contributed by atoms with van der Waals surface area (Å²) >= 11 is 4.58. The van der Waals surface area contributed by atoms with Crippen LogP contribution in [-0.4, -0.2) is 33.5 Å². The Bertz CT molecular complexity index is 600. The Morgan fingerprint density at radius 1 is 1.53 bits per heavy atom. The lowest BCUT2D eigenvalue weighted by molar-refractivity contribution is -0.133. The average Bonchev–Trinajstić information content (AvgIpc) is 2.83. The van der Waals surface area contributed by atoms with Crippen LogP contribution < -0.4 is 4.74 Å². The Labute approximate surface area is 122 Å². The molecule has 0 spiro atoms. The minimum Gasteiger partial charge on any atom is -0.497 e. The number of hydrogen-bond donors (Lipinski definition) is 1. The minimum absolute atomic E-state index is 0.0256. The van der Waals surface area contributed by atoms with E-state index >= 15 is 0 Å². The Morgan fingerprint density at radius 3 is 3.00 bits per heavy atom. The third-order valence-electron chi connectivity index (χ3n) is 2.30. The van der Waals surface area contributed by atoms with Crippen LogP contribution in [0.25, 0.3) is 5.69 Å². The molecule has 0 aliphatic carbocycles. The summed E-state index contributed by atoms with van der Waals surface area (Å²) in [5.74, 6) is -0.180. The van der Waals surface area contributed by atoms with Gasteiger partial charge in [0.05, 0.1) is 18.6 Å². The normalized spacial score (nSPS) is 10.4. The molecule has 0 bridgehead atoms. The maximum absolute atomic E-state index is 10.6. The number of aromatic nitrogens is 2. The van der Waals surface area contributed by atoms with Crippen LogP contribution in [0, 0.1) is 0 Å². The molecule has 2 rings (SSSR count). The van der Waals surface area contributed by atoms with Crippen molar-refractivity contribution in [2.45, 2.75) is 5.16 Å². The van der Waals surface area contributed by atoms with Gasteiger partial charge >= 0.3 is 5.97 Å². The molecule has 2 aromatic rings. The number of hydrogen-bond acceptors (Lipinski definition) is 4. The second-order valence-electron chi connectivity index (χ2n) is 3.61. The summed E-state index contributed by atoms with van der Waals surface area (Å²) in [6.45, 7) is 0. The van der Waals surface area contributed by atoms with Crippen LogP contribution in [0.2, 0.25) is 0 Å². The molecular weight excluding hydrogens is 332 g/mol. The molecule has 1 aromatic carbocycles. The van der Waals surface area contributed by atoms with E-state index < -0.39 is 5.97 Å². The number of halogens is 1. The van der Waals surface area contributed by atoms with Crippen molar-refractivity contribution < 1.29 is 14.6 Å². The summed E-state index contributed by atoms with van der Waals surface area (Å²) in [5, 5.41) is 9.34. The zero-order valence-corrected chi connectivity index (χ0v) is 12.4. The van der Waals surface area contributed by atoms with E-state index in [0.29, 0.717) is 10.9 Å². The molecule has 0 aliphatic heterocycles. The summed E-state index contributed by atoms with van der Waals surface area (Å²) in [4.78, 5) is 14.8. The summed E-state index contributed by atoms with van der Waals surface area (Å²) in [6, 6.07) is 5.62. The largest absolute Gasteiger partial charge is 0.497 e. The first-order valence-electron chi connectivity index (χ1n) is 5.33. The van der Waals surface area contributed by atoms with E-state index in [1.54, 1.807) is 19.5 Å². The number of carboxylic acid groups (broad SMARTS) is 1. The summed E-state index contributed by atoms with van der Waals surface area (Å²) in [5.41, 5.74) is 0.858. The number of ether oxygens (including phenoxy) is 1. The van der Waals surface area contributed by atoms with Gasteiger partial charge in [0.25, 0.3) is 0 Å². The highest BCUT2D eigenvalue weighted by Crippen LogP contribution is 2.27. The highest BCUT2D eigenvalue weighted by molar-refractivity contribution is 9.10. The van der Waals surface area contributed by atoms with Crippen LogP contribution in [0.1, 0.15) is 0 Å². The zero-order valence-electron chi connectivity index (χ0n) is 10.0. The second kappa shape index (κ2) is 6.12. The fourth-order valence-electron chi connectivity index (χ4n) is 1.52. The molecule has 0 radical (unpaired) electrons. The Balaban J connectivity index is 2.33. The second-order valence-corrected chi connectivity index (χ2v) is 5.47. The molecule has 19 heavy (non-hydrogen) atoms. The Morgan fingerprint density at radius 2 is 2.32 bits per heavy atom. The molecule has 1 aromatic heterocycles. The van der Waals surface area contributed by atoms with E-state index in [2.05, 4.69) is 20.9 Å². The molecule has 1 N–H and O–H groups in total. The van der Waals surface area contributed by atoms with Gasteiger partial charge in [0.1, 0.15) is 5.75 Å². The summed E-state index contributed by atoms with van der Waals surface area (Å²) in [6.07, 6.45) is 3.42. The van der Waals surface area contributed by atoms with E-state index in [4.69, 9.17) is 9.84 Å². The van der Waals surface area contributed by atoms with Crippen LogP contribution in [0.4, 0.5) is 0 Å². The number of carboxylic acids is 1. The molecule has 0 atom stereocenters. The van der Waals surface area contributed by atoms with E-state index in [0.717, 1.165) is 10.2 Å². The number of aliphatic carboxylic acids is 1. The standard InChI is InChI=1S/C12H11BrN2O3S/c1-18-10-5-8(13)4-9(6-10)15-3-2-14-12(15)19-7-11(16)17/h2-6H,7H2,1H3,(H,16,17). The van der Waals surface area contributed by atoms with Gasteiger partial charge in [0, 0.05) is 22.9 Å². The monoisotopic (exact) mass is 342 g/mol. The van der Waals surface area contributed by atoms with E-state index in [1.165, 1.54) is 11.8 Å². The van der Waals surface area contributed by atoms with Crippen molar-refractivity contribution in [3.05, 3.63) is 35.1 Å². The van der Waals surface area contributed by atoms with Crippen LogP contribution in [0.5, 0.6) is 5.75 Å². The maximum Gasteiger partial charge on any atom is 0.313 e. The number of imidazole rings is 1. The van der Waals surface area contributed by atoms with Crippen molar-refractivity contribution in [2.24, 2.45) is 0 Å². The Hall–Kier alpha value is -1.47. The first kappa shape index (κ1) is 14.0. The highest BCUT2D eigenvalue weighted by atomic mass is 79.9. The number of nitrogens with zero attached hydrogens (tertiary/aromatic N) is 2. The number of carbonyl (C=O) groups is 1. The van der Waals surface area contributed by atoms with Crippen LogP contribution in [0.3, 0.4) is 0 Å². The molecule has 0 amide bonds. The Kier molecular flexibility index (Phi) is 4.49. The van der Waals surface area contributed by atoms with Gasteiger partial charge < -0.3 is 9.84 Å². The smallest absolute Gasteiger partial charge is 0.313 e. The van der Waals surface area contributed by atoms with Crippen molar-refractivity contribution in [1.29, 1.82) is 0 Å². The number of thioether (sulfide) groups is 1. The first-order chi connectivity index (χ1) is 9.10. The predicted octanol–water partition coefficient (Wildman–Crippen LogP) is 2.82. The molecule has 0 saturated heterocycles. The van der Waals surface area contributed by atoms with Gasteiger partial charge in [-0.1, -0.05) is 27.7 Å². The third-order valence-corrected chi connectivity index (χ3v) is 3.71. The molecule has 7 heteroatoms. The molecule has 0 saturated carbocycles. The summed E-state index contributed by atoms with van der Waals surface area (Å²) < 4.78 is 7.91. The lowest BCUT2D eigenvalue weighted by Gasteiger charge is -2.09. The topological polar surface area (TPSA) is 64.4 Å². The minimum atomic E-state index is -0.869. The molecule has 0 unspecified atom stereocenters. The van der Waals surface area contributed by atoms with E-state index in [9.17, 15) is 4.79 Å². The molecule has 5 nitrogen and oxygen atoms in total. The van der Waals surface area contributed by atoms with Gasteiger partial charge in [-0.15, -0.1) is 0 Å². The lowest BCUT2D eigenvalue weighted by atomic mass is 10.3. The molecule has 0 fully saturated rings. The molecular formula is C12H11BrN2O3S. The fourth-order valence-corrected chi connectivity index (χ4v) is 2.68. The van der Waals surface area contributed by atoms with Crippen LogP contribution in [-0.2, 0) is 4.79 Å². The van der Waals surface area contributed by atoms with Gasteiger partial charge in [-0.05, 0) is 12.1 Å². The quantitative estimate of drug-likeness (QED) is 0.846. The van der Waals surface area contributed by atoms with Gasteiger partial charge in [0.2, 0.25) is 0 Å². The molecule has 100 valence electrons. The first-order valence-corrected chi connectivity index (χ1v) is 7.11. The number of rotatable bonds is 5. The lowest BCUT2D eigenvalue weighted by Crippen LogP contribution is -2.01. The third kappa shape index (κ3) is 3.51. The van der Waals surface area contributed by atoms with Crippen molar-refractivity contribution in [1.82, 2.24) is 9.55 Å². The maximum atomic E-state index is 10.6. The van der Waals surface area contributed by atoms with Crippen molar-refractivity contribution >= 4 is 33.7 Å². The van der Waals surface area contributed by atoms with Crippen LogP contribution >= 0.6 is 27.7 Å². The van der Waals surface area contributed by atoms with Gasteiger partial charge in [-0.25, -0.2) is 4.98 Å². The van der Waals surface area contributed by atoms with Crippen molar-refractivity contribution in [3.8, 4) is 11.4 Å². The van der Waals surface area contributed by atoms with Crippen molar-refractivity contribution in [3.63, 3.8) is 0 Å². The zero-order chi connectivity index (χ0) is 13.8.